The third-order valence-electron chi connectivity index (χ3n) is 4.45. The maximum Gasteiger partial charge on any atom is 0.232 e. The summed E-state index contributed by atoms with van der Waals surface area (Å²) in [6.45, 7) is 2.32. The van der Waals surface area contributed by atoms with E-state index in [1.54, 1.807) is 18.1 Å². The molecule has 132 valence electrons. The van der Waals surface area contributed by atoms with E-state index in [4.69, 9.17) is 0 Å². The van der Waals surface area contributed by atoms with E-state index in [0.717, 1.165) is 56.0 Å². The van der Waals surface area contributed by atoms with Gasteiger partial charge in [0, 0.05) is 31.6 Å². The fourth-order valence-corrected chi connectivity index (χ4v) is 3.54. The molecule has 2 heterocycles. The quantitative estimate of drug-likeness (QED) is 0.861. The SMILES string of the molecule is CSCC(=O)N1CCc2ncnc(NCCc3ccccc3)c2CC1. The van der Waals surface area contributed by atoms with Crippen LogP contribution in [0.1, 0.15) is 16.8 Å². The minimum absolute atomic E-state index is 0.215. The summed E-state index contributed by atoms with van der Waals surface area (Å²) < 4.78 is 0. The third-order valence-corrected chi connectivity index (χ3v) is 4.99. The molecule has 1 aliphatic rings. The zero-order valence-electron chi connectivity index (χ0n) is 14.6. The van der Waals surface area contributed by atoms with Gasteiger partial charge in [-0.05, 0) is 24.7 Å². The molecule has 1 amide bonds. The van der Waals surface area contributed by atoms with E-state index < -0.39 is 0 Å². The van der Waals surface area contributed by atoms with Crippen molar-refractivity contribution < 1.29 is 4.79 Å². The zero-order chi connectivity index (χ0) is 17.5. The maximum atomic E-state index is 12.2. The number of benzene rings is 1. The zero-order valence-corrected chi connectivity index (χ0v) is 15.4. The second-order valence-electron chi connectivity index (χ2n) is 6.12. The van der Waals surface area contributed by atoms with Crippen LogP contribution >= 0.6 is 11.8 Å². The number of hydrogen-bond acceptors (Lipinski definition) is 5. The van der Waals surface area contributed by atoms with Crippen LogP contribution in [-0.2, 0) is 24.1 Å². The molecule has 0 saturated heterocycles. The summed E-state index contributed by atoms with van der Waals surface area (Å²) in [5.41, 5.74) is 3.54. The molecule has 0 spiro atoms. The number of fused-ring (bicyclic) bond motifs is 1. The molecule has 6 heteroatoms. The number of thioether (sulfide) groups is 1. The lowest BCUT2D eigenvalue weighted by Crippen LogP contribution is -2.34. The molecule has 5 nitrogen and oxygen atoms in total. The van der Waals surface area contributed by atoms with Gasteiger partial charge in [0.25, 0.3) is 0 Å². The van der Waals surface area contributed by atoms with Crippen molar-refractivity contribution in [3.8, 4) is 0 Å². The number of nitrogens with zero attached hydrogens (tertiary/aromatic N) is 3. The lowest BCUT2D eigenvalue weighted by atomic mass is 10.1. The maximum absolute atomic E-state index is 12.2. The average molecular weight is 356 g/mol. The van der Waals surface area contributed by atoms with E-state index >= 15 is 0 Å². The number of carbonyl (C=O) groups excluding carboxylic acids is 1. The number of carbonyl (C=O) groups is 1. The van der Waals surface area contributed by atoms with Gasteiger partial charge in [-0.1, -0.05) is 30.3 Å². The number of rotatable bonds is 6. The molecule has 3 rings (SSSR count). The smallest absolute Gasteiger partial charge is 0.232 e. The summed E-state index contributed by atoms with van der Waals surface area (Å²) in [5.74, 6) is 1.68. The number of nitrogens with one attached hydrogen (secondary N) is 1. The van der Waals surface area contributed by atoms with E-state index in [2.05, 4.69) is 39.6 Å². The molecule has 1 aromatic carbocycles. The van der Waals surface area contributed by atoms with Crippen molar-refractivity contribution in [3.05, 3.63) is 53.5 Å². The van der Waals surface area contributed by atoms with Crippen molar-refractivity contribution in [2.45, 2.75) is 19.3 Å². The lowest BCUT2D eigenvalue weighted by molar-refractivity contribution is -0.128. The van der Waals surface area contributed by atoms with Crippen molar-refractivity contribution in [2.75, 3.05) is 37.0 Å². The third kappa shape index (κ3) is 4.72. The molecule has 0 atom stereocenters. The van der Waals surface area contributed by atoms with Crippen molar-refractivity contribution in [2.24, 2.45) is 0 Å². The highest BCUT2D eigenvalue weighted by atomic mass is 32.2. The topological polar surface area (TPSA) is 58.1 Å². The first-order valence-corrected chi connectivity index (χ1v) is 10.0. The molecule has 0 fully saturated rings. The summed E-state index contributed by atoms with van der Waals surface area (Å²) in [5, 5.41) is 3.46. The van der Waals surface area contributed by atoms with E-state index in [9.17, 15) is 4.79 Å². The number of aromatic nitrogens is 2. The summed E-state index contributed by atoms with van der Waals surface area (Å²) in [6, 6.07) is 10.4. The van der Waals surface area contributed by atoms with Crippen LogP contribution < -0.4 is 5.32 Å². The molecule has 0 unspecified atom stereocenters. The predicted octanol–water partition coefficient (Wildman–Crippen LogP) is 2.42. The summed E-state index contributed by atoms with van der Waals surface area (Å²) in [4.78, 5) is 23.0. The molecule has 0 bridgehead atoms. The van der Waals surface area contributed by atoms with Gasteiger partial charge in [0.2, 0.25) is 5.91 Å². The van der Waals surface area contributed by atoms with Crippen molar-refractivity contribution >= 4 is 23.5 Å². The largest absolute Gasteiger partial charge is 0.369 e. The Morgan fingerprint density at radius 2 is 2.00 bits per heavy atom. The molecule has 1 aliphatic heterocycles. The highest BCUT2D eigenvalue weighted by Gasteiger charge is 2.21. The Hall–Kier alpha value is -2.08. The van der Waals surface area contributed by atoms with Gasteiger partial charge in [-0.2, -0.15) is 11.8 Å². The monoisotopic (exact) mass is 356 g/mol. The fourth-order valence-electron chi connectivity index (χ4n) is 3.11. The summed E-state index contributed by atoms with van der Waals surface area (Å²) in [6.07, 6.45) is 6.15. The van der Waals surface area contributed by atoms with Gasteiger partial charge in [0.1, 0.15) is 12.1 Å². The van der Waals surface area contributed by atoms with E-state index in [1.807, 2.05) is 17.2 Å². The van der Waals surface area contributed by atoms with Crippen LogP contribution in [-0.4, -0.2) is 52.4 Å². The van der Waals surface area contributed by atoms with Crippen LogP contribution in [0.4, 0.5) is 5.82 Å². The van der Waals surface area contributed by atoms with Crippen LogP contribution in [0.5, 0.6) is 0 Å². The predicted molar refractivity (Wildman–Crippen MR) is 103 cm³/mol. The van der Waals surface area contributed by atoms with Crippen LogP contribution in [0.15, 0.2) is 36.7 Å². The minimum atomic E-state index is 0.215. The molecule has 2 aromatic rings. The molecular weight excluding hydrogens is 332 g/mol. The van der Waals surface area contributed by atoms with E-state index in [1.165, 1.54) is 5.56 Å². The normalized spacial score (nSPS) is 13.9. The Bertz CT molecular complexity index is 708. The molecule has 25 heavy (non-hydrogen) atoms. The lowest BCUT2D eigenvalue weighted by Gasteiger charge is -2.19. The van der Waals surface area contributed by atoms with Crippen molar-refractivity contribution in [1.82, 2.24) is 14.9 Å². The number of amides is 1. The van der Waals surface area contributed by atoms with Gasteiger partial charge >= 0.3 is 0 Å². The van der Waals surface area contributed by atoms with Gasteiger partial charge in [-0.15, -0.1) is 0 Å². The van der Waals surface area contributed by atoms with Crippen LogP contribution in [0.25, 0.3) is 0 Å². The first-order valence-electron chi connectivity index (χ1n) is 8.65. The first kappa shape index (κ1) is 17.7. The highest BCUT2D eigenvalue weighted by Crippen LogP contribution is 2.20. The van der Waals surface area contributed by atoms with Crippen molar-refractivity contribution in [1.29, 1.82) is 0 Å². The second kappa shape index (κ2) is 8.85. The molecule has 0 radical (unpaired) electrons. The Kier molecular flexibility index (Phi) is 6.28. The van der Waals surface area contributed by atoms with Gasteiger partial charge in [0.15, 0.2) is 0 Å². The minimum Gasteiger partial charge on any atom is -0.369 e. The molecule has 1 N–H and O–H groups in total. The van der Waals surface area contributed by atoms with Crippen LogP contribution in [0, 0.1) is 0 Å². The second-order valence-corrected chi connectivity index (χ2v) is 6.99. The average Bonchev–Trinajstić information content (AvgIpc) is 2.86. The van der Waals surface area contributed by atoms with E-state index in [0.29, 0.717) is 5.75 Å². The molecule has 0 saturated carbocycles. The van der Waals surface area contributed by atoms with Crippen LogP contribution in [0.3, 0.4) is 0 Å². The Labute approximate surface area is 153 Å². The van der Waals surface area contributed by atoms with E-state index in [-0.39, 0.29) is 5.91 Å². The Morgan fingerprint density at radius 1 is 1.20 bits per heavy atom. The highest BCUT2D eigenvalue weighted by molar-refractivity contribution is 7.99. The Morgan fingerprint density at radius 3 is 2.80 bits per heavy atom. The van der Waals surface area contributed by atoms with Gasteiger partial charge < -0.3 is 10.2 Å². The molecule has 0 aliphatic carbocycles. The molecular formula is C19H24N4OS. The standard InChI is InChI=1S/C19H24N4OS/c1-25-13-18(24)23-11-8-16-17(9-12-23)21-14-22-19(16)20-10-7-15-5-3-2-4-6-15/h2-6,14H,7-13H2,1H3,(H,20,21,22). The van der Waals surface area contributed by atoms with Gasteiger partial charge in [-0.25, -0.2) is 9.97 Å². The van der Waals surface area contributed by atoms with Gasteiger partial charge in [-0.3, -0.25) is 4.79 Å². The van der Waals surface area contributed by atoms with Gasteiger partial charge in [0.05, 0.1) is 11.4 Å². The fraction of sp³-hybridized carbons (Fsp3) is 0.421. The number of anilines is 1. The number of hydrogen-bond donors (Lipinski definition) is 1. The molecule has 1 aromatic heterocycles. The first-order chi connectivity index (χ1) is 12.3. The summed E-state index contributed by atoms with van der Waals surface area (Å²) in [7, 11) is 0. The van der Waals surface area contributed by atoms with Crippen molar-refractivity contribution in [3.63, 3.8) is 0 Å². The Balaban J connectivity index is 1.63. The van der Waals surface area contributed by atoms with Crippen LogP contribution in [0.2, 0.25) is 0 Å². The summed E-state index contributed by atoms with van der Waals surface area (Å²) >= 11 is 1.57.